The third-order valence-electron chi connectivity index (χ3n) is 2.35. The minimum Gasteiger partial charge on any atom is -0.352 e. The maximum Gasteiger partial charge on any atom is 0.252 e. The third-order valence-corrected chi connectivity index (χ3v) is 4.28. The number of carbonyl (C=O) groups is 1. The van der Waals surface area contributed by atoms with Crippen molar-refractivity contribution in [2.75, 3.05) is 6.54 Å². The van der Waals surface area contributed by atoms with Crippen LogP contribution in [0.1, 0.15) is 16.1 Å². The maximum atomic E-state index is 11.9. The zero-order valence-electron chi connectivity index (χ0n) is 9.32. The molecule has 1 N–H and O–H groups in total. The van der Waals surface area contributed by atoms with E-state index in [4.69, 9.17) is 11.6 Å². The van der Waals surface area contributed by atoms with Crippen molar-refractivity contribution in [2.45, 2.75) is 6.42 Å². The number of thiazole rings is 1. The van der Waals surface area contributed by atoms with Crippen molar-refractivity contribution in [3.8, 4) is 0 Å². The average Bonchev–Trinajstić information content (AvgIpc) is 2.85. The monoisotopic (exact) mass is 344 g/mol. The van der Waals surface area contributed by atoms with Crippen molar-refractivity contribution in [1.29, 1.82) is 0 Å². The minimum absolute atomic E-state index is 0.170. The van der Waals surface area contributed by atoms with E-state index in [0.717, 1.165) is 16.6 Å². The van der Waals surface area contributed by atoms with Crippen molar-refractivity contribution in [2.24, 2.45) is 0 Å². The van der Waals surface area contributed by atoms with Crippen LogP contribution in [-0.4, -0.2) is 17.4 Å². The molecule has 1 amide bonds. The number of amides is 1. The molecule has 0 saturated carbocycles. The number of hydrogen-bond donors (Lipinski definition) is 1. The lowest BCUT2D eigenvalue weighted by Gasteiger charge is -2.06. The second-order valence-electron chi connectivity index (χ2n) is 3.59. The number of benzene rings is 1. The van der Waals surface area contributed by atoms with Crippen LogP contribution in [0.5, 0.6) is 0 Å². The highest BCUT2D eigenvalue weighted by molar-refractivity contribution is 9.10. The van der Waals surface area contributed by atoms with Gasteiger partial charge in [-0.1, -0.05) is 17.7 Å². The molecule has 0 saturated heterocycles. The van der Waals surface area contributed by atoms with Gasteiger partial charge in [0.2, 0.25) is 0 Å². The fraction of sp³-hybridized carbons (Fsp3) is 0.167. The Labute approximate surface area is 122 Å². The summed E-state index contributed by atoms with van der Waals surface area (Å²) in [5.74, 6) is -0.170. The molecule has 18 heavy (non-hydrogen) atoms. The fourth-order valence-electron chi connectivity index (χ4n) is 1.44. The summed E-state index contributed by atoms with van der Waals surface area (Å²) in [6.07, 6.45) is 0.723. The summed E-state index contributed by atoms with van der Waals surface area (Å²) in [7, 11) is 0. The van der Waals surface area contributed by atoms with Gasteiger partial charge in [-0.15, -0.1) is 11.3 Å². The molecule has 1 heterocycles. The van der Waals surface area contributed by atoms with Crippen LogP contribution in [0.25, 0.3) is 0 Å². The molecule has 0 atom stereocenters. The molecule has 94 valence electrons. The Morgan fingerprint density at radius 1 is 1.50 bits per heavy atom. The first-order valence-corrected chi connectivity index (χ1v) is 7.39. The molecule has 0 aliphatic heterocycles. The van der Waals surface area contributed by atoms with Gasteiger partial charge in [0.1, 0.15) is 0 Å². The van der Waals surface area contributed by atoms with Gasteiger partial charge >= 0.3 is 0 Å². The fourth-order valence-corrected chi connectivity index (χ4v) is 2.61. The highest BCUT2D eigenvalue weighted by atomic mass is 79.9. The summed E-state index contributed by atoms with van der Waals surface area (Å²) < 4.78 is 0.719. The van der Waals surface area contributed by atoms with Crippen LogP contribution in [0.3, 0.4) is 0 Å². The summed E-state index contributed by atoms with van der Waals surface area (Å²) >= 11 is 10.9. The van der Waals surface area contributed by atoms with Gasteiger partial charge in [0, 0.05) is 22.8 Å². The molecule has 0 aliphatic rings. The van der Waals surface area contributed by atoms with Crippen molar-refractivity contribution < 1.29 is 4.79 Å². The molecule has 2 rings (SSSR count). The number of nitrogens with zero attached hydrogens (tertiary/aromatic N) is 1. The second-order valence-corrected chi connectivity index (χ2v) is 5.54. The van der Waals surface area contributed by atoms with Crippen molar-refractivity contribution >= 4 is 44.8 Å². The van der Waals surface area contributed by atoms with E-state index in [0.29, 0.717) is 17.1 Å². The van der Waals surface area contributed by atoms with E-state index >= 15 is 0 Å². The molecular formula is C12H10BrClN2OS. The first-order chi connectivity index (χ1) is 8.68. The molecule has 1 aromatic carbocycles. The molecule has 0 radical (unpaired) electrons. The number of nitrogens with one attached hydrogen (secondary N) is 1. The number of rotatable bonds is 4. The highest BCUT2D eigenvalue weighted by Gasteiger charge is 2.11. The van der Waals surface area contributed by atoms with Gasteiger partial charge in [-0.25, -0.2) is 4.98 Å². The Morgan fingerprint density at radius 2 is 2.33 bits per heavy atom. The van der Waals surface area contributed by atoms with Crippen LogP contribution in [0.4, 0.5) is 0 Å². The zero-order chi connectivity index (χ0) is 13.0. The molecule has 1 aromatic heterocycles. The minimum atomic E-state index is -0.170. The van der Waals surface area contributed by atoms with Crippen LogP contribution >= 0.6 is 38.9 Å². The molecule has 0 fully saturated rings. The first-order valence-electron chi connectivity index (χ1n) is 5.28. The summed E-state index contributed by atoms with van der Waals surface area (Å²) in [6, 6.07) is 5.28. The molecule has 0 spiro atoms. The summed E-state index contributed by atoms with van der Waals surface area (Å²) in [6.45, 7) is 0.547. The second kappa shape index (κ2) is 6.31. The van der Waals surface area contributed by atoms with Crippen molar-refractivity contribution in [3.05, 3.63) is 49.8 Å². The maximum absolute atomic E-state index is 11.9. The van der Waals surface area contributed by atoms with Gasteiger partial charge in [0.05, 0.1) is 21.8 Å². The van der Waals surface area contributed by atoms with Crippen LogP contribution in [0, 0.1) is 0 Å². The lowest BCUT2D eigenvalue weighted by Crippen LogP contribution is -2.26. The smallest absolute Gasteiger partial charge is 0.252 e. The Kier molecular flexibility index (Phi) is 4.74. The Bertz CT molecular complexity index is 545. The molecule has 0 bridgehead atoms. The quantitative estimate of drug-likeness (QED) is 0.921. The van der Waals surface area contributed by atoms with Gasteiger partial charge < -0.3 is 5.32 Å². The van der Waals surface area contributed by atoms with Gasteiger partial charge in [0.15, 0.2) is 0 Å². The number of aromatic nitrogens is 1. The largest absolute Gasteiger partial charge is 0.352 e. The van der Waals surface area contributed by atoms with E-state index < -0.39 is 0 Å². The van der Waals surface area contributed by atoms with E-state index in [9.17, 15) is 4.79 Å². The van der Waals surface area contributed by atoms with Gasteiger partial charge in [0.25, 0.3) is 5.91 Å². The van der Waals surface area contributed by atoms with E-state index in [1.54, 1.807) is 35.0 Å². The van der Waals surface area contributed by atoms with Crippen LogP contribution < -0.4 is 5.32 Å². The number of halogens is 2. The van der Waals surface area contributed by atoms with E-state index in [1.807, 2.05) is 5.38 Å². The predicted octanol–water partition coefficient (Wildman–Crippen LogP) is 3.53. The molecule has 0 aliphatic carbocycles. The van der Waals surface area contributed by atoms with E-state index in [2.05, 4.69) is 26.2 Å². The third kappa shape index (κ3) is 3.31. The molecular weight excluding hydrogens is 336 g/mol. The predicted molar refractivity (Wildman–Crippen MR) is 77.3 cm³/mol. The van der Waals surface area contributed by atoms with E-state index in [1.165, 1.54) is 0 Å². The van der Waals surface area contributed by atoms with Crippen LogP contribution in [-0.2, 0) is 6.42 Å². The average molecular weight is 346 g/mol. The van der Waals surface area contributed by atoms with Gasteiger partial charge in [-0.3, -0.25) is 4.79 Å². The topological polar surface area (TPSA) is 42.0 Å². The van der Waals surface area contributed by atoms with Crippen molar-refractivity contribution in [3.63, 3.8) is 0 Å². The van der Waals surface area contributed by atoms with Crippen LogP contribution in [0.15, 0.2) is 33.6 Å². The molecule has 2 aromatic rings. The molecule has 6 heteroatoms. The van der Waals surface area contributed by atoms with Gasteiger partial charge in [-0.05, 0) is 28.1 Å². The summed E-state index contributed by atoms with van der Waals surface area (Å²) in [5.41, 5.74) is 3.24. The molecule has 3 nitrogen and oxygen atoms in total. The summed E-state index contributed by atoms with van der Waals surface area (Å²) in [4.78, 5) is 16.1. The van der Waals surface area contributed by atoms with Crippen LogP contribution in [0.2, 0.25) is 5.02 Å². The number of hydrogen-bond acceptors (Lipinski definition) is 3. The van der Waals surface area contributed by atoms with Gasteiger partial charge in [-0.2, -0.15) is 0 Å². The lowest BCUT2D eigenvalue weighted by molar-refractivity contribution is 0.0954. The standard InChI is InChI=1S/C12H10BrClN2OS/c13-10-3-1-2-9(11(10)14)12(17)15-5-4-8-6-18-7-16-8/h1-3,6-7H,4-5H2,(H,15,17). The SMILES string of the molecule is O=C(NCCc1cscn1)c1cccc(Br)c1Cl. The lowest BCUT2D eigenvalue weighted by atomic mass is 10.2. The normalized spacial score (nSPS) is 10.3. The Hall–Kier alpha value is -0.910. The zero-order valence-corrected chi connectivity index (χ0v) is 12.5. The summed E-state index contributed by atoms with van der Waals surface area (Å²) in [5, 5.41) is 5.23. The number of carbonyl (C=O) groups excluding carboxylic acids is 1. The molecule has 0 unspecified atom stereocenters. The van der Waals surface area contributed by atoms with E-state index in [-0.39, 0.29) is 5.91 Å². The van der Waals surface area contributed by atoms with Crippen molar-refractivity contribution in [1.82, 2.24) is 10.3 Å². The Morgan fingerprint density at radius 3 is 3.06 bits per heavy atom. The first kappa shape index (κ1) is 13.5. The Balaban J connectivity index is 1.93. The highest BCUT2D eigenvalue weighted by Crippen LogP contribution is 2.25.